The first-order valence-electron chi connectivity index (χ1n) is 13.1. The van der Waals surface area contributed by atoms with Crippen LogP contribution in [0.3, 0.4) is 0 Å². The zero-order valence-electron chi connectivity index (χ0n) is 21.4. The van der Waals surface area contributed by atoms with Crippen molar-refractivity contribution in [3.05, 3.63) is 75.8 Å². The second-order valence-corrected chi connectivity index (χ2v) is 11.3. The number of fused-ring (bicyclic) bond motifs is 1. The minimum absolute atomic E-state index is 0. The Morgan fingerprint density at radius 1 is 1.05 bits per heavy atom. The summed E-state index contributed by atoms with van der Waals surface area (Å²) < 4.78 is 1.83. The summed E-state index contributed by atoms with van der Waals surface area (Å²) in [6, 6.07) is 12.5. The van der Waals surface area contributed by atoms with E-state index in [0.717, 1.165) is 39.3 Å². The van der Waals surface area contributed by atoms with Crippen LogP contribution in [0.5, 0.6) is 0 Å². The van der Waals surface area contributed by atoms with Gasteiger partial charge in [0.2, 0.25) is 5.91 Å². The molecule has 0 aliphatic carbocycles. The zero-order valence-corrected chi connectivity index (χ0v) is 22.9. The van der Waals surface area contributed by atoms with E-state index in [1.54, 1.807) is 48.8 Å². The molecule has 3 aliphatic heterocycles. The third-order valence-corrected chi connectivity index (χ3v) is 8.30. The number of hydrogen-bond donors (Lipinski definition) is 3. The van der Waals surface area contributed by atoms with Crippen LogP contribution in [0.25, 0.3) is 5.69 Å². The number of ketones is 1. The minimum atomic E-state index is -0.222. The van der Waals surface area contributed by atoms with E-state index in [0.29, 0.717) is 58.4 Å². The van der Waals surface area contributed by atoms with E-state index in [1.165, 1.54) is 0 Å². The highest BCUT2D eigenvalue weighted by atomic mass is 35.5. The first-order valence-corrected chi connectivity index (χ1v) is 13.9. The summed E-state index contributed by atoms with van der Waals surface area (Å²) in [6.45, 7) is 6.84. The molecule has 10 nitrogen and oxygen atoms in total. The average molecular weight is 602 g/mol. The fraction of sp³-hybridized carbons (Fsp3) is 0.448. The molecule has 3 saturated heterocycles. The van der Waals surface area contributed by atoms with Gasteiger partial charge < -0.3 is 16.0 Å². The molecule has 2 atom stereocenters. The molecule has 2 aromatic carbocycles. The van der Waals surface area contributed by atoms with Crippen LogP contribution in [0.15, 0.2) is 48.8 Å². The predicted molar refractivity (Wildman–Crippen MR) is 162 cm³/mol. The molecule has 4 heterocycles. The van der Waals surface area contributed by atoms with E-state index >= 15 is 0 Å². The van der Waals surface area contributed by atoms with E-state index in [4.69, 9.17) is 23.2 Å². The minimum Gasteiger partial charge on any atom is -0.353 e. The molecule has 3 N–H and O–H groups in total. The summed E-state index contributed by atoms with van der Waals surface area (Å²) in [5.74, 6) is 0.556. The van der Waals surface area contributed by atoms with Crippen LogP contribution < -0.4 is 16.0 Å². The Bertz CT molecular complexity index is 1390. The van der Waals surface area contributed by atoms with Crippen LogP contribution in [-0.2, 0) is 11.3 Å². The third kappa shape index (κ3) is 6.63. The monoisotopic (exact) mass is 600 g/mol. The SMILES string of the molecule is C.C.O=C(CN1CCNCC1)NCC12CN(Cc3nncn3-c3ccc(Cl)cc3C(=O)c3ccccc3Cl)CC1N2. The molecular weight excluding hydrogens is 563 g/mol. The van der Waals surface area contributed by atoms with E-state index in [1.807, 2.05) is 4.57 Å². The van der Waals surface area contributed by atoms with Crippen molar-refractivity contribution in [1.82, 2.24) is 40.5 Å². The maximum absolute atomic E-state index is 13.5. The Hall–Kier alpha value is -2.86. The van der Waals surface area contributed by atoms with Crippen LogP contribution in [0, 0.1) is 0 Å². The van der Waals surface area contributed by atoms with Gasteiger partial charge in [0.05, 0.1) is 29.3 Å². The molecule has 2 unspecified atom stereocenters. The summed E-state index contributed by atoms with van der Waals surface area (Å²) in [4.78, 5) is 30.5. The van der Waals surface area contributed by atoms with Gasteiger partial charge in [-0.15, -0.1) is 10.2 Å². The van der Waals surface area contributed by atoms with Crippen molar-refractivity contribution in [3.8, 4) is 5.69 Å². The fourth-order valence-electron chi connectivity index (χ4n) is 5.60. The summed E-state index contributed by atoms with van der Waals surface area (Å²) in [5.41, 5.74) is 1.35. The van der Waals surface area contributed by atoms with Crippen molar-refractivity contribution in [2.45, 2.75) is 33.0 Å². The first-order chi connectivity index (χ1) is 18.9. The Balaban J connectivity index is 0.00000194. The Kier molecular flexibility index (Phi) is 9.84. The number of likely N-dealkylation sites (tertiary alicyclic amines) is 1. The van der Waals surface area contributed by atoms with Crippen LogP contribution in [0.1, 0.15) is 36.6 Å². The van der Waals surface area contributed by atoms with E-state index in [9.17, 15) is 9.59 Å². The predicted octanol–water partition coefficient (Wildman–Crippen LogP) is 2.62. The molecule has 0 spiro atoms. The van der Waals surface area contributed by atoms with Crippen molar-refractivity contribution in [2.75, 3.05) is 52.4 Å². The fourth-order valence-corrected chi connectivity index (χ4v) is 5.99. The number of piperazine rings is 2. The van der Waals surface area contributed by atoms with Crippen LogP contribution in [0.4, 0.5) is 0 Å². The quantitative estimate of drug-likeness (QED) is 0.253. The molecule has 220 valence electrons. The number of hydrogen-bond acceptors (Lipinski definition) is 8. The number of benzene rings is 2. The average Bonchev–Trinajstić information content (AvgIpc) is 3.23. The molecule has 3 fully saturated rings. The number of carbonyl (C=O) groups excluding carboxylic acids is 2. The smallest absolute Gasteiger partial charge is 0.234 e. The molecule has 12 heteroatoms. The zero-order chi connectivity index (χ0) is 27.0. The van der Waals surface area contributed by atoms with Crippen molar-refractivity contribution >= 4 is 34.9 Å². The lowest BCUT2D eigenvalue weighted by Gasteiger charge is -2.26. The highest BCUT2D eigenvalue weighted by molar-refractivity contribution is 6.35. The maximum atomic E-state index is 13.5. The molecule has 0 saturated carbocycles. The number of nitrogens with one attached hydrogen (secondary N) is 3. The topological polar surface area (TPSA) is 117 Å². The van der Waals surface area contributed by atoms with Gasteiger partial charge in [-0.25, -0.2) is 0 Å². The van der Waals surface area contributed by atoms with Crippen LogP contribution in [-0.4, -0.2) is 100 Å². The normalized spacial score (nSPS) is 21.9. The summed E-state index contributed by atoms with van der Waals surface area (Å²) >= 11 is 12.6. The first kappa shape index (κ1) is 31.1. The Labute approximate surface area is 251 Å². The van der Waals surface area contributed by atoms with Crippen molar-refractivity contribution in [3.63, 3.8) is 0 Å². The van der Waals surface area contributed by atoms with Gasteiger partial charge >= 0.3 is 0 Å². The number of halogens is 2. The molecule has 3 aliphatic rings. The molecule has 1 amide bonds. The molecule has 6 rings (SSSR count). The van der Waals surface area contributed by atoms with Gasteiger partial charge in [0.15, 0.2) is 11.6 Å². The van der Waals surface area contributed by atoms with Crippen LogP contribution in [0.2, 0.25) is 10.0 Å². The van der Waals surface area contributed by atoms with Crippen molar-refractivity contribution in [1.29, 1.82) is 0 Å². The van der Waals surface area contributed by atoms with E-state index in [-0.39, 0.29) is 32.1 Å². The van der Waals surface area contributed by atoms with Gasteiger partial charge in [-0.3, -0.25) is 24.0 Å². The number of amides is 1. The van der Waals surface area contributed by atoms with Gasteiger partial charge in [0.25, 0.3) is 0 Å². The maximum Gasteiger partial charge on any atom is 0.234 e. The van der Waals surface area contributed by atoms with Gasteiger partial charge in [-0.1, -0.05) is 50.2 Å². The number of nitrogens with zero attached hydrogens (tertiary/aromatic N) is 5. The molecular formula is C29H38Cl2N8O2. The van der Waals surface area contributed by atoms with Gasteiger partial charge in [0, 0.05) is 68.0 Å². The number of carbonyl (C=O) groups is 2. The second-order valence-electron chi connectivity index (χ2n) is 10.4. The molecule has 3 aromatic rings. The lowest BCUT2D eigenvalue weighted by Crippen LogP contribution is -2.49. The summed E-state index contributed by atoms with van der Waals surface area (Å²) in [6.07, 6.45) is 1.61. The van der Waals surface area contributed by atoms with E-state index < -0.39 is 0 Å². The number of aromatic nitrogens is 3. The third-order valence-electron chi connectivity index (χ3n) is 7.73. The molecule has 0 bridgehead atoms. The summed E-state index contributed by atoms with van der Waals surface area (Å²) in [5, 5.41) is 19.4. The second kappa shape index (κ2) is 13.0. The Morgan fingerprint density at radius 2 is 1.83 bits per heavy atom. The Morgan fingerprint density at radius 3 is 2.61 bits per heavy atom. The highest BCUT2D eigenvalue weighted by Gasteiger charge is 2.59. The van der Waals surface area contributed by atoms with Crippen molar-refractivity contribution in [2.24, 2.45) is 0 Å². The van der Waals surface area contributed by atoms with Crippen molar-refractivity contribution < 1.29 is 9.59 Å². The standard InChI is InChI=1S/C27H30Cl2N8O2.2CH4/c28-18-5-6-22(20(11-18)26(39)19-3-1-2-4-21(19)29)37-17-32-34-24(37)13-36-12-23-27(16-36,33-23)15-31-25(38)14-35-9-7-30-8-10-35;;/h1-6,11,17,23,30,33H,7-10,12-16H2,(H,31,38);2*1H4. The number of rotatable bonds is 9. The largest absolute Gasteiger partial charge is 0.353 e. The lowest BCUT2D eigenvalue weighted by molar-refractivity contribution is -0.122. The lowest BCUT2D eigenvalue weighted by atomic mass is 10.0. The molecule has 0 radical (unpaired) electrons. The summed E-state index contributed by atoms with van der Waals surface area (Å²) in [7, 11) is 0. The molecule has 41 heavy (non-hydrogen) atoms. The van der Waals surface area contributed by atoms with Gasteiger partial charge in [0.1, 0.15) is 6.33 Å². The van der Waals surface area contributed by atoms with E-state index in [2.05, 4.69) is 35.9 Å². The molecule has 1 aromatic heterocycles. The van der Waals surface area contributed by atoms with Gasteiger partial charge in [-0.05, 0) is 30.3 Å². The van der Waals surface area contributed by atoms with Gasteiger partial charge in [-0.2, -0.15) is 0 Å². The highest BCUT2D eigenvalue weighted by Crippen LogP contribution is 2.35. The van der Waals surface area contributed by atoms with Crippen LogP contribution >= 0.6 is 23.2 Å².